The third-order valence-electron chi connectivity index (χ3n) is 3.30. The number of aliphatic imine (C=N–C) groups is 1. The maximum Gasteiger partial charge on any atom is 0.194 e. The van der Waals surface area contributed by atoms with E-state index in [0.717, 1.165) is 23.9 Å². The molecule has 1 aromatic carbocycles. The Kier molecular flexibility index (Phi) is 6.89. The van der Waals surface area contributed by atoms with Crippen LogP contribution in [-0.2, 0) is 6.54 Å². The lowest BCUT2D eigenvalue weighted by Crippen LogP contribution is -2.38. The highest BCUT2D eigenvalue weighted by molar-refractivity contribution is 7.16. The number of hydrogen-bond donors (Lipinski definition) is 2. The summed E-state index contributed by atoms with van der Waals surface area (Å²) in [4.78, 5) is 7.42. The van der Waals surface area contributed by atoms with Crippen LogP contribution in [0.5, 0.6) is 0 Å². The van der Waals surface area contributed by atoms with Gasteiger partial charge in [0, 0.05) is 25.0 Å². The molecule has 6 heteroatoms. The summed E-state index contributed by atoms with van der Waals surface area (Å²) < 4.78 is 0.677. The maximum absolute atomic E-state index is 10.2. The Morgan fingerprint density at radius 3 is 2.65 bits per heavy atom. The van der Waals surface area contributed by atoms with Gasteiger partial charge in [-0.3, -0.25) is 4.99 Å². The molecule has 2 aromatic rings. The summed E-state index contributed by atoms with van der Waals surface area (Å²) in [5.41, 5.74) is 1.21. The first-order valence-electron chi connectivity index (χ1n) is 7.56. The Bertz CT molecular complexity index is 630. The van der Waals surface area contributed by atoms with Gasteiger partial charge in [0.15, 0.2) is 5.96 Å². The summed E-state index contributed by atoms with van der Waals surface area (Å²) in [5.74, 6) is 0.776. The van der Waals surface area contributed by atoms with Gasteiger partial charge < -0.3 is 15.3 Å². The number of guanidine groups is 1. The molecule has 1 atom stereocenters. The zero-order chi connectivity index (χ0) is 16.7. The molecule has 0 fully saturated rings. The standard InChI is InChI=1S/C17H22ClN3OS/c1-3-19-17(21(2)12-13-7-5-4-6-8-13)20-11-14(22)15-9-10-16(18)23-15/h4-10,14,22H,3,11-12H2,1-2H3,(H,19,20). The van der Waals surface area contributed by atoms with Gasteiger partial charge in [-0.2, -0.15) is 0 Å². The molecular formula is C17H22ClN3OS. The predicted octanol–water partition coefficient (Wildman–Crippen LogP) is 3.53. The van der Waals surface area contributed by atoms with Gasteiger partial charge in [0.05, 0.1) is 10.9 Å². The van der Waals surface area contributed by atoms with E-state index in [-0.39, 0.29) is 0 Å². The van der Waals surface area contributed by atoms with Crippen LogP contribution in [0.2, 0.25) is 4.34 Å². The fourth-order valence-electron chi connectivity index (χ4n) is 2.17. The lowest BCUT2D eigenvalue weighted by molar-refractivity contribution is 0.190. The number of rotatable bonds is 6. The average Bonchev–Trinajstić information content (AvgIpc) is 2.98. The van der Waals surface area contributed by atoms with E-state index in [2.05, 4.69) is 22.4 Å². The monoisotopic (exact) mass is 351 g/mol. The quantitative estimate of drug-likeness (QED) is 0.618. The predicted molar refractivity (Wildman–Crippen MR) is 98.2 cm³/mol. The molecule has 0 saturated heterocycles. The highest BCUT2D eigenvalue weighted by atomic mass is 35.5. The van der Waals surface area contributed by atoms with Gasteiger partial charge in [0.1, 0.15) is 6.10 Å². The van der Waals surface area contributed by atoms with Crippen LogP contribution < -0.4 is 5.32 Å². The van der Waals surface area contributed by atoms with E-state index in [0.29, 0.717) is 10.9 Å². The second-order valence-corrected chi connectivity index (χ2v) is 6.94. The molecule has 23 heavy (non-hydrogen) atoms. The topological polar surface area (TPSA) is 47.9 Å². The SMILES string of the molecule is CCNC(=NCC(O)c1ccc(Cl)s1)N(C)Cc1ccccc1. The molecule has 0 aliphatic carbocycles. The third kappa shape index (κ3) is 5.53. The van der Waals surface area contributed by atoms with E-state index < -0.39 is 6.10 Å². The fraction of sp³-hybridized carbons (Fsp3) is 0.353. The highest BCUT2D eigenvalue weighted by Gasteiger charge is 2.12. The Morgan fingerprint density at radius 1 is 1.30 bits per heavy atom. The molecule has 0 radical (unpaired) electrons. The lowest BCUT2D eigenvalue weighted by Gasteiger charge is -2.22. The van der Waals surface area contributed by atoms with Crippen molar-refractivity contribution in [3.8, 4) is 0 Å². The van der Waals surface area contributed by atoms with E-state index >= 15 is 0 Å². The molecule has 0 saturated carbocycles. The summed E-state index contributed by atoms with van der Waals surface area (Å²) in [6.07, 6.45) is -0.633. The number of aliphatic hydroxyl groups excluding tert-OH is 1. The summed E-state index contributed by atoms with van der Waals surface area (Å²) in [5, 5.41) is 13.5. The van der Waals surface area contributed by atoms with Crippen molar-refractivity contribution >= 4 is 28.9 Å². The first kappa shape index (κ1) is 17.8. The van der Waals surface area contributed by atoms with Crippen molar-refractivity contribution in [3.63, 3.8) is 0 Å². The molecular weight excluding hydrogens is 330 g/mol. The van der Waals surface area contributed by atoms with Crippen molar-refractivity contribution < 1.29 is 5.11 Å². The maximum atomic E-state index is 10.2. The number of benzene rings is 1. The van der Waals surface area contributed by atoms with E-state index in [4.69, 9.17) is 11.6 Å². The molecule has 2 N–H and O–H groups in total. The molecule has 1 heterocycles. The third-order valence-corrected chi connectivity index (χ3v) is 4.63. The van der Waals surface area contributed by atoms with Gasteiger partial charge in [-0.25, -0.2) is 0 Å². The summed E-state index contributed by atoms with van der Waals surface area (Å²) >= 11 is 7.29. The van der Waals surface area contributed by atoms with Gasteiger partial charge in [0.2, 0.25) is 0 Å². The van der Waals surface area contributed by atoms with E-state index in [1.165, 1.54) is 16.9 Å². The summed E-state index contributed by atoms with van der Waals surface area (Å²) in [7, 11) is 1.99. The van der Waals surface area contributed by atoms with Crippen molar-refractivity contribution in [1.29, 1.82) is 0 Å². The molecule has 1 aromatic heterocycles. The van der Waals surface area contributed by atoms with Gasteiger partial charge in [-0.1, -0.05) is 41.9 Å². The van der Waals surface area contributed by atoms with Gasteiger partial charge in [-0.15, -0.1) is 11.3 Å². The number of nitrogens with one attached hydrogen (secondary N) is 1. The van der Waals surface area contributed by atoms with E-state index in [1.807, 2.05) is 43.1 Å². The van der Waals surface area contributed by atoms with Crippen LogP contribution in [0.4, 0.5) is 0 Å². The molecule has 0 bridgehead atoms. The first-order chi connectivity index (χ1) is 11.1. The number of nitrogens with zero attached hydrogens (tertiary/aromatic N) is 2. The van der Waals surface area contributed by atoms with Gasteiger partial charge in [-0.05, 0) is 24.6 Å². The molecule has 0 spiro atoms. The van der Waals surface area contributed by atoms with Crippen molar-refractivity contribution in [2.75, 3.05) is 20.1 Å². The minimum Gasteiger partial charge on any atom is -0.386 e. The van der Waals surface area contributed by atoms with Crippen molar-refractivity contribution in [2.24, 2.45) is 4.99 Å². The molecule has 0 aliphatic heterocycles. The Hall–Kier alpha value is -1.56. The molecule has 4 nitrogen and oxygen atoms in total. The lowest BCUT2D eigenvalue weighted by atomic mass is 10.2. The average molecular weight is 352 g/mol. The smallest absolute Gasteiger partial charge is 0.194 e. The number of thiophene rings is 1. The Balaban J connectivity index is 2.01. The van der Waals surface area contributed by atoms with Crippen molar-refractivity contribution in [2.45, 2.75) is 19.6 Å². The van der Waals surface area contributed by atoms with Crippen LogP contribution >= 0.6 is 22.9 Å². The van der Waals surface area contributed by atoms with Gasteiger partial charge in [0.25, 0.3) is 0 Å². The first-order valence-corrected chi connectivity index (χ1v) is 8.76. The number of halogens is 1. The van der Waals surface area contributed by atoms with Crippen LogP contribution in [0.3, 0.4) is 0 Å². The minimum absolute atomic E-state index is 0.304. The van der Waals surface area contributed by atoms with Crippen molar-refractivity contribution in [1.82, 2.24) is 10.2 Å². The molecule has 0 aliphatic rings. The zero-order valence-electron chi connectivity index (χ0n) is 13.4. The summed E-state index contributed by atoms with van der Waals surface area (Å²) in [6.45, 7) is 3.87. The minimum atomic E-state index is -0.633. The Labute approximate surface area is 146 Å². The van der Waals surface area contributed by atoms with Crippen LogP contribution in [-0.4, -0.2) is 36.1 Å². The zero-order valence-corrected chi connectivity index (χ0v) is 14.9. The number of aliphatic hydroxyl groups is 1. The fourth-order valence-corrected chi connectivity index (χ4v) is 3.21. The van der Waals surface area contributed by atoms with E-state index in [9.17, 15) is 5.11 Å². The normalized spacial score (nSPS) is 13.0. The number of hydrogen-bond acceptors (Lipinski definition) is 3. The molecule has 1 unspecified atom stereocenters. The second kappa shape index (κ2) is 8.91. The highest BCUT2D eigenvalue weighted by Crippen LogP contribution is 2.26. The molecule has 124 valence electrons. The van der Waals surface area contributed by atoms with Crippen molar-refractivity contribution in [3.05, 3.63) is 57.2 Å². The van der Waals surface area contributed by atoms with Crippen LogP contribution in [0.15, 0.2) is 47.5 Å². The van der Waals surface area contributed by atoms with Crippen LogP contribution in [0, 0.1) is 0 Å². The Morgan fingerprint density at radius 2 is 2.04 bits per heavy atom. The summed E-state index contributed by atoms with van der Waals surface area (Å²) in [6, 6.07) is 13.9. The van der Waals surface area contributed by atoms with E-state index in [1.54, 1.807) is 6.07 Å². The molecule has 2 rings (SSSR count). The van der Waals surface area contributed by atoms with Gasteiger partial charge >= 0.3 is 0 Å². The van der Waals surface area contributed by atoms with Crippen LogP contribution in [0.25, 0.3) is 0 Å². The second-order valence-electron chi connectivity index (χ2n) is 5.19. The largest absolute Gasteiger partial charge is 0.386 e. The van der Waals surface area contributed by atoms with Crippen LogP contribution in [0.1, 0.15) is 23.5 Å². The molecule has 0 amide bonds.